The van der Waals surface area contributed by atoms with Gasteiger partial charge in [-0.15, -0.1) is 0 Å². The van der Waals surface area contributed by atoms with Gasteiger partial charge in [-0.25, -0.2) is 0 Å². The zero-order valence-corrected chi connectivity index (χ0v) is 14.1. The molecule has 25 heavy (non-hydrogen) atoms. The van der Waals surface area contributed by atoms with Gasteiger partial charge in [0.15, 0.2) is 12.4 Å². The third-order valence-electron chi connectivity index (χ3n) is 4.45. The summed E-state index contributed by atoms with van der Waals surface area (Å²) in [5, 5.41) is 11.0. The molecule has 1 fully saturated rings. The summed E-state index contributed by atoms with van der Waals surface area (Å²) in [6, 6.07) is 14.3. The van der Waals surface area contributed by atoms with Crippen molar-refractivity contribution < 1.29 is 14.5 Å². The van der Waals surface area contributed by atoms with Crippen LogP contribution in [0.25, 0.3) is 0 Å². The van der Waals surface area contributed by atoms with Gasteiger partial charge in [0, 0.05) is 12.6 Å². The lowest BCUT2D eigenvalue weighted by Gasteiger charge is -2.25. The minimum absolute atomic E-state index is 0.0439. The number of hydrogen-bond donors (Lipinski definition) is 0. The minimum Gasteiger partial charge on any atom is -0.477 e. The largest absolute Gasteiger partial charge is 0.477 e. The molecule has 1 aliphatic rings. The van der Waals surface area contributed by atoms with E-state index in [1.807, 2.05) is 19.1 Å². The number of rotatable bonds is 5. The van der Waals surface area contributed by atoms with E-state index >= 15 is 0 Å². The van der Waals surface area contributed by atoms with E-state index in [1.165, 1.54) is 17.7 Å². The number of ether oxygens (including phenoxy) is 1. The zero-order chi connectivity index (χ0) is 17.8. The summed E-state index contributed by atoms with van der Waals surface area (Å²) in [5.41, 5.74) is 2.16. The highest BCUT2D eigenvalue weighted by molar-refractivity contribution is 5.78. The summed E-state index contributed by atoms with van der Waals surface area (Å²) in [5.74, 6) is -0.0341. The lowest BCUT2D eigenvalue weighted by molar-refractivity contribution is -0.385. The average molecular weight is 340 g/mol. The normalized spacial score (nSPS) is 16.7. The van der Waals surface area contributed by atoms with Crippen molar-refractivity contribution in [2.24, 2.45) is 0 Å². The number of hydrogen-bond acceptors (Lipinski definition) is 4. The molecule has 1 aliphatic heterocycles. The van der Waals surface area contributed by atoms with Crippen LogP contribution in [0.5, 0.6) is 5.75 Å². The topological polar surface area (TPSA) is 72.7 Å². The number of likely N-dealkylation sites (tertiary alicyclic amines) is 1. The van der Waals surface area contributed by atoms with E-state index in [0.717, 1.165) is 18.4 Å². The fraction of sp³-hybridized carbons (Fsp3) is 0.316. The van der Waals surface area contributed by atoms with E-state index in [4.69, 9.17) is 4.74 Å². The Morgan fingerprint density at radius 1 is 1.24 bits per heavy atom. The van der Waals surface area contributed by atoms with Crippen molar-refractivity contribution in [2.75, 3.05) is 13.2 Å². The maximum Gasteiger partial charge on any atom is 0.310 e. The van der Waals surface area contributed by atoms with Gasteiger partial charge in [0.1, 0.15) is 0 Å². The molecule has 0 aliphatic carbocycles. The number of nitro benzene ring substituents is 1. The summed E-state index contributed by atoms with van der Waals surface area (Å²) in [6.07, 6.45) is 1.86. The molecule has 6 heteroatoms. The van der Waals surface area contributed by atoms with Crippen LogP contribution >= 0.6 is 0 Å². The summed E-state index contributed by atoms with van der Waals surface area (Å²) in [7, 11) is 0. The molecule has 6 nitrogen and oxygen atoms in total. The van der Waals surface area contributed by atoms with Crippen molar-refractivity contribution in [1.29, 1.82) is 0 Å². The van der Waals surface area contributed by atoms with Crippen LogP contribution in [0.4, 0.5) is 5.69 Å². The molecule has 0 radical (unpaired) electrons. The fourth-order valence-corrected chi connectivity index (χ4v) is 3.15. The summed E-state index contributed by atoms with van der Waals surface area (Å²) in [6.45, 7) is 2.51. The van der Waals surface area contributed by atoms with Crippen molar-refractivity contribution >= 4 is 11.6 Å². The van der Waals surface area contributed by atoms with E-state index in [9.17, 15) is 14.9 Å². The first-order valence-corrected chi connectivity index (χ1v) is 8.28. The van der Waals surface area contributed by atoms with Crippen molar-refractivity contribution in [2.45, 2.75) is 25.8 Å². The second-order valence-corrected chi connectivity index (χ2v) is 6.17. The number of nitrogens with zero attached hydrogens (tertiary/aromatic N) is 2. The Labute approximate surface area is 146 Å². The van der Waals surface area contributed by atoms with Crippen LogP contribution in [0.15, 0.2) is 48.5 Å². The number of aryl methyl sites for hydroxylation is 1. The summed E-state index contributed by atoms with van der Waals surface area (Å²) in [4.78, 5) is 24.9. The second-order valence-electron chi connectivity index (χ2n) is 6.17. The molecular weight excluding hydrogens is 320 g/mol. The highest BCUT2D eigenvalue weighted by Crippen LogP contribution is 2.32. The monoisotopic (exact) mass is 340 g/mol. The second kappa shape index (κ2) is 7.34. The Morgan fingerprint density at radius 2 is 1.96 bits per heavy atom. The number of carbonyl (C=O) groups is 1. The van der Waals surface area contributed by atoms with Crippen molar-refractivity contribution in [3.05, 3.63) is 69.8 Å². The zero-order valence-electron chi connectivity index (χ0n) is 14.1. The minimum atomic E-state index is -0.509. The Morgan fingerprint density at radius 3 is 2.68 bits per heavy atom. The molecule has 1 heterocycles. The maximum atomic E-state index is 12.6. The molecule has 1 unspecified atom stereocenters. The van der Waals surface area contributed by atoms with Crippen molar-refractivity contribution in [3.63, 3.8) is 0 Å². The van der Waals surface area contributed by atoms with Crippen LogP contribution in [0.1, 0.15) is 30.0 Å². The van der Waals surface area contributed by atoms with Gasteiger partial charge >= 0.3 is 5.69 Å². The average Bonchev–Trinajstić information content (AvgIpc) is 3.10. The van der Waals surface area contributed by atoms with Gasteiger partial charge in [0.05, 0.1) is 11.0 Å². The van der Waals surface area contributed by atoms with E-state index in [0.29, 0.717) is 6.54 Å². The quantitative estimate of drug-likeness (QED) is 0.615. The van der Waals surface area contributed by atoms with Crippen LogP contribution in [0, 0.1) is 17.0 Å². The highest BCUT2D eigenvalue weighted by atomic mass is 16.6. The molecule has 1 atom stereocenters. The molecule has 3 rings (SSSR count). The Bertz CT molecular complexity index is 773. The number of benzene rings is 2. The van der Waals surface area contributed by atoms with Gasteiger partial charge in [0.25, 0.3) is 5.91 Å². The van der Waals surface area contributed by atoms with Gasteiger partial charge in [-0.1, -0.05) is 42.0 Å². The number of amides is 1. The molecule has 0 spiro atoms. The standard InChI is InChI=1S/C19H20N2O4/c1-14-8-10-15(11-9-14)16-6-4-12-20(16)19(22)13-25-18-7-3-2-5-17(18)21(23)24/h2-3,5,7-11,16H,4,6,12-13H2,1H3. The molecule has 1 saturated heterocycles. The Hall–Kier alpha value is -2.89. The number of para-hydroxylation sites is 2. The molecule has 2 aromatic rings. The van der Waals surface area contributed by atoms with Gasteiger partial charge in [-0.2, -0.15) is 0 Å². The van der Waals surface area contributed by atoms with Crippen LogP contribution < -0.4 is 4.74 Å². The van der Waals surface area contributed by atoms with Gasteiger partial charge < -0.3 is 9.64 Å². The summed E-state index contributed by atoms with van der Waals surface area (Å²) >= 11 is 0. The SMILES string of the molecule is Cc1ccc(C2CCCN2C(=O)COc2ccccc2[N+](=O)[O-])cc1. The number of carbonyl (C=O) groups excluding carboxylic acids is 1. The smallest absolute Gasteiger partial charge is 0.310 e. The van der Waals surface area contributed by atoms with Crippen molar-refractivity contribution in [1.82, 2.24) is 4.90 Å². The molecule has 0 N–H and O–H groups in total. The molecule has 0 bridgehead atoms. The molecule has 0 saturated carbocycles. The third kappa shape index (κ3) is 3.79. The Balaban J connectivity index is 1.68. The lowest BCUT2D eigenvalue weighted by atomic mass is 10.0. The predicted octanol–water partition coefficient (Wildman–Crippen LogP) is 3.65. The predicted molar refractivity (Wildman–Crippen MR) is 93.5 cm³/mol. The third-order valence-corrected chi connectivity index (χ3v) is 4.45. The van der Waals surface area contributed by atoms with E-state index in [1.54, 1.807) is 17.0 Å². The van der Waals surface area contributed by atoms with Crippen LogP contribution in [0.3, 0.4) is 0 Å². The summed E-state index contributed by atoms with van der Waals surface area (Å²) < 4.78 is 5.44. The molecular formula is C19H20N2O4. The number of nitro groups is 1. The molecule has 1 amide bonds. The van der Waals surface area contributed by atoms with E-state index in [2.05, 4.69) is 12.1 Å². The molecule has 2 aromatic carbocycles. The highest BCUT2D eigenvalue weighted by Gasteiger charge is 2.30. The van der Waals surface area contributed by atoms with Gasteiger partial charge in [0.2, 0.25) is 0 Å². The van der Waals surface area contributed by atoms with Crippen LogP contribution in [-0.4, -0.2) is 28.9 Å². The van der Waals surface area contributed by atoms with E-state index < -0.39 is 4.92 Å². The fourth-order valence-electron chi connectivity index (χ4n) is 3.15. The van der Waals surface area contributed by atoms with Gasteiger partial charge in [-0.3, -0.25) is 14.9 Å². The van der Waals surface area contributed by atoms with Crippen LogP contribution in [0.2, 0.25) is 0 Å². The maximum absolute atomic E-state index is 12.6. The molecule has 0 aromatic heterocycles. The van der Waals surface area contributed by atoms with E-state index in [-0.39, 0.29) is 30.0 Å². The van der Waals surface area contributed by atoms with Crippen LogP contribution in [-0.2, 0) is 4.79 Å². The Kier molecular flexibility index (Phi) is 4.97. The first-order valence-electron chi connectivity index (χ1n) is 8.28. The first kappa shape index (κ1) is 17.0. The van der Waals surface area contributed by atoms with Crippen molar-refractivity contribution in [3.8, 4) is 5.75 Å². The molecule has 130 valence electrons. The van der Waals surface area contributed by atoms with Gasteiger partial charge in [-0.05, 0) is 31.4 Å². The lowest BCUT2D eigenvalue weighted by Crippen LogP contribution is -2.34. The first-order chi connectivity index (χ1) is 12.1.